The molecule has 0 aromatic carbocycles. The van der Waals surface area contributed by atoms with Gasteiger partial charge in [0, 0.05) is 29.8 Å². The Morgan fingerprint density at radius 1 is 1.47 bits per heavy atom. The summed E-state index contributed by atoms with van der Waals surface area (Å²) in [7, 11) is -1.32. The van der Waals surface area contributed by atoms with Gasteiger partial charge in [-0.25, -0.2) is 13.4 Å². The van der Waals surface area contributed by atoms with Crippen LogP contribution in [0.1, 0.15) is 31.4 Å². The van der Waals surface area contributed by atoms with E-state index in [-0.39, 0.29) is 11.8 Å². The second-order valence-electron chi connectivity index (χ2n) is 4.48. The Morgan fingerprint density at radius 2 is 2.21 bits per heavy atom. The fourth-order valence-corrected chi connectivity index (χ4v) is 2.69. The first-order valence-corrected chi connectivity index (χ1v) is 8.44. The van der Waals surface area contributed by atoms with Gasteiger partial charge < -0.3 is 10.1 Å². The summed E-state index contributed by atoms with van der Waals surface area (Å²) in [5, 5.41) is 3.35. The Morgan fingerprint density at radius 3 is 2.79 bits per heavy atom. The summed E-state index contributed by atoms with van der Waals surface area (Å²) in [6.45, 7) is 2.83. The van der Waals surface area contributed by atoms with E-state index in [1.54, 1.807) is 13.3 Å². The van der Waals surface area contributed by atoms with Crippen molar-refractivity contribution in [1.29, 1.82) is 0 Å². The van der Waals surface area contributed by atoms with Gasteiger partial charge in [0.05, 0.1) is 7.11 Å². The summed E-state index contributed by atoms with van der Waals surface area (Å²) in [6.07, 6.45) is 4.30. The Labute approximate surface area is 115 Å². The van der Waals surface area contributed by atoms with Crippen LogP contribution in [0.3, 0.4) is 0 Å². The molecule has 5 nitrogen and oxygen atoms in total. The number of pyridine rings is 1. The zero-order valence-corrected chi connectivity index (χ0v) is 12.5. The van der Waals surface area contributed by atoms with Crippen molar-refractivity contribution >= 4 is 9.84 Å². The lowest BCUT2D eigenvalue weighted by atomic mass is 10.0. The van der Waals surface area contributed by atoms with E-state index in [1.807, 2.05) is 19.1 Å². The lowest BCUT2D eigenvalue weighted by Gasteiger charge is -2.19. The topological polar surface area (TPSA) is 68.3 Å². The number of rotatable bonds is 8. The Balaban J connectivity index is 2.76. The molecule has 0 fully saturated rings. The smallest absolute Gasteiger partial charge is 0.217 e. The van der Waals surface area contributed by atoms with Crippen LogP contribution in [-0.2, 0) is 9.84 Å². The Bertz CT molecular complexity index is 488. The number of methoxy groups -OCH3 is 1. The van der Waals surface area contributed by atoms with Crippen LogP contribution in [0, 0.1) is 0 Å². The van der Waals surface area contributed by atoms with Crippen molar-refractivity contribution in [3.63, 3.8) is 0 Å². The lowest BCUT2D eigenvalue weighted by molar-refractivity contribution is 0.379. The second kappa shape index (κ2) is 7.45. The molecule has 0 saturated carbocycles. The molecule has 1 aromatic heterocycles. The second-order valence-corrected chi connectivity index (χ2v) is 6.74. The van der Waals surface area contributed by atoms with Crippen LogP contribution in [0.5, 0.6) is 5.88 Å². The van der Waals surface area contributed by atoms with E-state index in [4.69, 9.17) is 4.74 Å². The van der Waals surface area contributed by atoms with Crippen molar-refractivity contribution in [3.05, 3.63) is 23.9 Å². The first kappa shape index (κ1) is 15.9. The summed E-state index contributed by atoms with van der Waals surface area (Å²) in [5.41, 5.74) is 0.973. The van der Waals surface area contributed by atoms with Crippen LogP contribution in [0.15, 0.2) is 18.3 Å². The van der Waals surface area contributed by atoms with Gasteiger partial charge in [0.25, 0.3) is 0 Å². The monoisotopic (exact) mass is 286 g/mol. The maximum absolute atomic E-state index is 11.2. The molecule has 1 atom stereocenters. The number of nitrogens with zero attached hydrogens (tertiary/aromatic N) is 1. The van der Waals surface area contributed by atoms with Crippen LogP contribution >= 0.6 is 0 Å². The van der Waals surface area contributed by atoms with Gasteiger partial charge in [0.1, 0.15) is 9.84 Å². The van der Waals surface area contributed by atoms with Gasteiger partial charge in [-0.05, 0) is 25.5 Å². The number of hydrogen-bond donors (Lipinski definition) is 1. The minimum atomic E-state index is -2.91. The standard InChI is InChI=1S/C13H22N2O3S/c1-4-14-12(8-6-10-19(3,16)17)11-7-5-9-15-13(11)18-2/h5,7,9,12,14H,4,6,8,10H2,1-3H3. The van der Waals surface area contributed by atoms with Gasteiger partial charge in [-0.1, -0.05) is 13.0 Å². The molecule has 0 amide bonds. The molecule has 19 heavy (non-hydrogen) atoms. The molecule has 0 aliphatic rings. The third-order valence-corrected chi connectivity index (χ3v) is 3.86. The quantitative estimate of drug-likeness (QED) is 0.785. The maximum atomic E-state index is 11.2. The predicted molar refractivity (Wildman–Crippen MR) is 76.2 cm³/mol. The molecule has 108 valence electrons. The van der Waals surface area contributed by atoms with Crippen molar-refractivity contribution in [1.82, 2.24) is 10.3 Å². The highest BCUT2D eigenvalue weighted by molar-refractivity contribution is 7.90. The highest BCUT2D eigenvalue weighted by Gasteiger charge is 2.16. The van der Waals surface area contributed by atoms with Gasteiger partial charge in [0.2, 0.25) is 5.88 Å². The molecule has 0 aliphatic heterocycles. The first-order valence-electron chi connectivity index (χ1n) is 6.38. The van der Waals surface area contributed by atoms with Crippen molar-refractivity contribution in [3.8, 4) is 5.88 Å². The number of hydrogen-bond acceptors (Lipinski definition) is 5. The fourth-order valence-electron chi connectivity index (χ4n) is 2.00. The number of nitrogens with one attached hydrogen (secondary N) is 1. The molecular weight excluding hydrogens is 264 g/mol. The summed E-state index contributed by atoms with van der Waals surface area (Å²) >= 11 is 0. The molecule has 0 bridgehead atoms. The van der Waals surface area contributed by atoms with E-state index < -0.39 is 9.84 Å². The molecular formula is C13H22N2O3S. The minimum absolute atomic E-state index is 0.0652. The normalized spacial score (nSPS) is 13.2. The van der Waals surface area contributed by atoms with Gasteiger partial charge in [-0.3, -0.25) is 0 Å². The van der Waals surface area contributed by atoms with Crippen LogP contribution in [0.4, 0.5) is 0 Å². The summed E-state index contributed by atoms with van der Waals surface area (Å²) < 4.78 is 27.6. The average molecular weight is 286 g/mol. The Hall–Kier alpha value is -1.14. The van der Waals surface area contributed by atoms with E-state index >= 15 is 0 Å². The predicted octanol–water partition coefficient (Wildman–Crippen LogP) is 1.57. The van der Waals surface area contributed by atoms with E-state index in [0.717, 1.165) is 18.5 Å². The van der Waals surface area contributed by atoms with E-state index in [1.165, 1.54) is 6.26 Å². The maximum Gasteiger partial charge on any atom is 0.217 e. The zero-order chi connectivity index (χ0) is 14.3. The Kier molecular flexibility index (Phi) is 6.24. The van der Waals surface area contributed by atoms with Crippen LogP contribution in [-0.4, -0.2) is 39.1 Å². The largest absolute Gasteiger partial charge is 0.481 e. The minimum Gasteiger partial charge on any atom is -0.481 e. The summed E-state index contributed by atoms with van der Waals surface area (Å²) in [5.74, 6) is 0.796. The van der Waals surface area contributed by atoms with Crippen molar-refractivity contribution < 1.29 is 13.2 Å². The summed E-state index contributed by atoms with van der Waals surface area (Å²) in [4.78, 5) is 4.18. The molecule has 6 heteroatoms. The highest BCUT2D eigenvalue weighted by Crippen LogP contribution is 2.25. The van der Waals surface area contributed by atoms with E-state index in [9.17, 15) is 8.42 Å². The number of ether oxygens (including phenoxy) is 1. The van der Waals surface area contributed by atoms with Crippen molar-refractivity contribution in [2.45, 2.75) is 25.8 Å². The van der Waals surface area contributed by atoms with Gasteiger partial charge >= 0.3 is 0 Å². The lowest BCUT2D eigenvalue weighted by Crippen LogP contribution is -2.22. The average Bonchev–Trinajstić information content (AvgIpc) is 2.36. The summed E-state index contributed by atoms with van der Waals surface area (Å²) in [6, 6.07) is 3.88. The molecule has 1 heterocycles. The van der Waals surface area contributed by atoms with Gasteiger partial charge in [-0.15, -0.1) is 0 Å². The van der Waals surface area contributed by atoms with Crippen molar-refractivity contribution in [2.24, 2.45) is 0 Å². The van der Waals surface area contributed by atoms with Gasteiger partial charge in [0.15, 0.2) is 0 Å². The number of aromatic nitrogens is 1. The molecule has 0 saturated heterocycles. The first-order chi connectivity index (χ1) is 8.98. The van der Waals surface area contributed by atoms with E-state index in [0.29, 0.717) is 12.3 Å². The molecule has 0 radical (unpaired) electrons. The highest BCUT2D eigenvalue weighted by atomic mass is 32.2. The third kappa shape index (κ3) is 5.57. The molecule has 1 rings (SSSR count). The number of sulfone groups is 1. The molecule has 0 spiro atoms. The SMILES string of the molecule is CCNC(CCCS(C)(=O)=O)c1cccnc1OC. The third-order valence-electron chi connectivity index (χ3n) is 2.83. The molecule has 1 aromatic rings. The van der Waals surface area contributed by atoms with Crippen molar-refractivity contribution in [2.75, 3.05) is 25.7 Å². The zero-order valence-electron chi connectivity index (χ0n) is 11.7. The van der Waals surface area contributed by atoms with Crippen LogP contribution in [0.2, 0.25) is 0 Å². The fraction of sp³-hybridized carbons (Fsp3) is 0.615. The van der Waals surface area contributed by atoms with Gasteiger partial charge in [-0.2, -0.15) is 0 Å². The van der Waals surface area contributed by atoms with E-state index in [2.05, 4.69) is 10.3 Å². The molecule has 1 N–H and O–H groups in total. The molecule has 0 aliphatic carbocycles. The van der Waals surface area contributed by atoms with Crippen LogP contribution in [0.25, 0.3) is 0 Å². The van der Waals surface area contributed by atoms with Crippen LogP contribution < -0.4 is 10.1 Å². The molecule has 1 unspecified atom stereocenters.